The summed E-state index contributed by atoms with van der Waals surface area (Å²) in [6, 6.07) is 4.31. The zero-order chi connectivity index (χ0) is 20.2. The average Bonchev–Trinajstić information content (AvgIpc) is 2.53. The van der Waals surface area contributed by atoms with Crippen molar-refractivity contribution in [1.82, 2.24) is 19.8 Å². The summed E-state index contributed by atoms with van der Waals surface area (Å²) in [5.41, 5.74) is -0.457. The molecular weight excluding hydrogens is 375 g/mol. The molecule has 0 aromatic heterocycles. The molecule has 1 aromatic rings. The van der Waals surface area contributed by atoms with Crippen LogP contribution in [0.4, 0.5) is 9.18 Å². The van der Waals surface area contributed by atoms with Gasteiger partial charge >= 0.3 is 6.03 Å². The number of benzene rings is 1. The van der Waals surface area contributed by atoms with Crippen molar-refractivity contribution in [3.05, 3.63) is 30.1 Å². The third kappa shape index (κ3) is 6.26. The van der Waals surface area contributed by atoms with Gasteiger partial charge < -0.3 is 5.32 Å². The molecule has 0 spiro atoms. The van der Waals surface area contributed by atoms with Crippen LogP contribution in [0.5, 0.6) is 0 Å². The quantitative estimate of drug-likeness (QED) is 0.777. The summed E-state index contributed by atoms with van der Waals surface area (Å²) in [6.45, 7) is 6.43. The fourth-order valence-electron chi connectivity index (χ4n) is 2.65. The van der Waals surface area contributed by atoms with Crippen molar-refractivity contribution >= 4 is 22.0 Å². The predicted octanol–water partition coefficient (Wildman–Crippen LogP) is 0.756. The minimum Gasteiger partial charge on any atom is -0.333 e. The Bertz CT molecular complexity index is 799. The van der Waals surface area contributed by atoms with E-state index in [1.807, 2.05) is 0 Å². The lowest BCUT2D eigenvalue weighted by molar-refractivity contribution is -0.121. The monoisotopic (exact) mass is 400 g/mol. The predicted molar refractivity (Wildman–Crippen MR) is 98.0 cm³/mol. The van der Waals surface area contributed by atoms with Gasteiger partial charge in [-0.15, -0.1) is 0 Å². The molecule has 1 heterocycles. The maximum absolute atomic E-state index is 13.3. The number of rotatable bonds is 4. The van der Waals surface area contributed by atoms with Crippen LogP contribution < -0.4 is 10.6 Å². The molecule has 2 rings (SSSR count). The molecule has 0 aliphatic carbocycles. The Hall–Kier alpha value is -2.04. The number of nitrogens with one attached hydrogen (secondary N) is 2. The molecule has 1 aliphatic rings. The third-order valence-corrected chi connectivity index (χ3v) is 5.77. The highest BCUT2D eigenvalue weighted by Gasteiger charge is 2.29. The molecule has 0 atom stereocenters. The van der Waals surface area contributed by atoms with E-state index in [1.165, 1.54) is 22.5 Å². The first-order chi connectivity index (χ1) is 12.5. The largest absolute Gasteiger partial charge is 0.333 e. The second kappa shape index (κ2) is 8.32. The molecule has 0 bridgehead atoms. The van der Waals surface area contributed by atoms with E-state index in [9.17, 15) is 22.4 Å². The molecule has 1 aromatic carbocycles. The highest BCUT2D eigenvalue weighted by atomic mass is 32.2. The highest BCUT2D eigenvalue weighted by Crippen LogP contribution is 2.18. The van der Waals surface area contributed by atoms with Gasteiger partial charge in [0.05, 0.1) is 11.4 Å². The van der Waals surface area contributed by atoms with Gasteiger partial charge in [-0.2, -0.15) is 4.31 Å². The summed E-state index contributed by atoms with van der Waals surface area (Å²) in [7, 11) is -3.77. The Balaban J connectivity index is 1.86. The summed E-state index contributed by atoms with van der Waals surface area (Å²) in [5.74, 6) is -1.07. The summed E-state index contributed by atoms with van der Waals surface area (Å²) in [5, 5.41) is 4.88. The van der Waals surface area contributed by atoms with Gasteiger partial charge in [-0.25, -0.2) is 17.6 Å². The van der Waals surface area contributed by atoms with E-state index in [2.05, 4.69) is 10.6 Å². The molecule has 1 aliphatic heterocycles. The van der Waals surface area contributed by atoms with Gasteiger partial charge in [-0.05, 0) is 39.0 Å². The zero-order valence-electron chi connectivity index (χ0n) is 15.7. The number of halogens is 1. The zero-order valence-corrected chi connectivity index (χ0v) is 16.5. The molecule has 0 saturated carbocycles. The normalized spacial score (nSPS) is 16.7. The Kier molecular flexibility index (Phi) is 6.55. The van der Waals surface area contributed by atoms with E-state index in [4.69, 9.17) is 0 Å². The van der Waals surface area contributed by atoms with E-state index in [-0.39, 0.29) is 24.5 Å². The van der Waals surface area contributed by atoms with Crippen molar-refractivity contribution in [1.29, 1.82) is 0 Å². The van der Waals surface area contributed by atoms with E-state index >= 15 is 0 Å². The van der Waals surface area contributed by atoms with Crippen molar-refractivity contribution in [2.24, 2.45) is 0 Å². The summed E-state index contributed by atoms with van der Waals surface area (Å²) in [6.07, 6.45) is 0. The molecule has 1 fully saturated rings. The van der Waals surface area contributed by atoms with Crippen molar-refractivity contribution in [3.8, 4) is 0 Å². The van der Waals surface area contributed by atoms with Crippen LogP contribution >= 0.6 is 0 Å². The van der Waals surface area contributed by atoms with Gasteiger partial charge in [0.25, 0.3) is 0 Å². The second-order valence-electron chi connectivity index (χ2n) is 7.39. The van der Waals surface area contributed by atoms with Crippen LogP contribution in [-0.4, -0.2) is 67.8 Å². The summed E-state index contributed by atoms with van der Waals surface area (Å²) < 4.78 is 39.7. The number of carbonyl (C=O) groups is 2. The first-order valence-electron chi connectivity index (χ1n) is 8.57. The van der Waals surface area contributed by atoms with Gasteiger partial charge in [-0.3, -0.25) is 15.0 Å². The molecule has 8 nitrogen and oxygen atoms in total. The van der Waals surface area contributed by atoms with Crippen molar-refractivity contribution in [3.63, 3.8) is 0 Å². The topological polar surface area (TPSA) is 98.8 Å². The van der Waals surface area contributed by atoms with Gasteiger partial charge in [0.15, 0.2) is 0 Å². The van der Waals surface area contributed by atoms with E-state index in [1.54, 1.807) is 25.7 Å². The lowest BCUT2D eigenvalue weighted by Gasteiger charge is -2.33. The molecule has 0 radical (unpaired) electrons. The molecular formula is C17H25FN4O4S. The molecule has 10 heteroatoms. The number of sulfonamides is 1. The number of hydrogen-bond donors (Lipinski definition) is 2. The fraction of sp³-hybridized carbons (Fsp3) is 0.529. The number of nitrogens with zero attached hydrogens (tertiary/aromatic N) is 2. The lowest BCUT2D eigenvalue weighted by Crippen LogP contribution is -2.53. The van der Waals surface area contributed by atoms with Crippen LogP contribution in [0.2, 0.25) is 0 Å². The summed E-state index contributed by atoms with van der Waals surface area (Å²) >= 11 is 0. The van der Waals surface area contributed by atoms with Crippen LogP contribution in [0.1, 0.15) is 20.8 Å². The van der Waals surface area contributed by atoms with Crippen molar-refractivity contribution in [2.45, 2.75) is 31.2 Å². The number of amides is 3. The van der Waals surface area contributed by atoms with Crippen LogP contribution in [0.3, 0.4) is 0 Å². The van der Waals surface area contributed by atoms with Gasteiger partial charge in [0.1, 0.15) is 5.82 Å². The Morgan fingerprint density at radius 3 is 2.33 bits per heavy atom. The van der Waals surface area contributed by atoms with Crippen molar-refractivity contribution in [2.75, 3.05) is 32.7 Å². The Morgan fingerprint density at radius 1 is 1.15 bits per heavy atom. The number of carbonyl (C=O) groups excluding carboxylic acids is 2. The first-order valence-corrected chi connectivity index (χ1v) is 10.0. The Morgan fingerprint density at radius 2 is 1.78 bits per heavy atom. The molecule has 3 amide bonds. The molecule has 1 saturated heterocycles. The van der Waals surface area contributed by atoms with Crippen LogP contribution in [0.15, 0.2) is 29.2 Å². The molecule has 27 heavy (non-hydrogen) atoms. The van der Waals surface area contributed by atoms with Gasteiger partial charge in [-0.1, -0.05) is 6.07 Å². The Labute approximate surface area is 158 Å². The minimum atomic E-state index is -3.77. The van der Waals surface area contributed by atoms with Gasteiger partial charge in [0.2, 0.25) is 15.9 Å². The SMILES string of the molecule is CC(C)(C)NC(=O)NC(=O)CN1CCN(S(=O)(=O)c2cccc(F)c2)CC1. The number of piperazine rings is 1. The molecule has 0 unspecified atom stereocenters. The van der Waals surface area contributed by atoms with Gasteiger partial charge in [0, 0.05) is 31.7 Å². The van der Waals surface area contributed by atoms with E-state index < -0.39 is 33.3 Å². The number of hydrogen-bond acceptors (Lipinski definition) is 5. The highest BCUT2D eigenvalue weighted by molar-refractivity contribution is 7.89. The van der Waals surface area contributed by atoms with Crippen molar-refractivity contribution < 1.29 is 22.4 Å². The van der Waals surface area contributed by atoms with Crippen LogP contribution in [0.25, 0.3) is 0 Å². The average molecular weight is 400 g/mol. The lowest BCUT2D eigenvalue weighted by atomic mass is 10.1. The standard InChI is InChI=1S/C17H25FN4O4S/c1-17(2,3)20-16(24)19-15(23)12-21-7-9-22(10-8-21)27(25,26)14-6-4-5-13(18)11-14/h4-6,11H,7-10,12H2,1-3H3,(H2,19,20,23,24). The van der Waals surface area contributed by atoms with E-state index in [0.29, 0.717) is 13.1 Å². The summed E-state index contributed by atoms with van der Waals surface area (Å²) in [4.78, 5) is 25.3. The smallest absolute Gasteiger partial charge is 0.321 e. The first kappa shape index (κ1) is 21.3. The fourth-order valence-corrected chi connectivity index (χ4v) is 4.10. The molecule has 2 N–H and O–H groups in total. The van der Waals surface area contributed by atoms with Crippen LogP contribution in [0, 0.1) is 5.82 Å². The number of urea groups is 1. The number of imide groups is 1. The maximum atomic E-state index is 13.3. The maximum Gasteiger partial charge on any atom is 0.321 e. The molecule has 150 valence electrons. The minimum absolute atomic E-state index is 0.00852. The second-order valence-corrected chi connectivity index (χ2v) is 9.33. The van der Waals surface area contributed by atoms with E-state index in [0.717, 1.165) is 6.07 Å². The third-order valence-electron chi connectivity index (χ3n) is 3.87. The van der Waals surface area contributed by atoms with Crippen LogP contribution in [-0.2, 0) is 14.8 Å².